The molecule has 5 nitrogen and oxygen atoms in total. The maximum Gasteiger partial charge on any atom is 0.318 e. The first-order valence-electron chi connectivity index (χ1n) is 5.87. The van der Waals surface area contributed by atoms with Crippen LogP contribution in [0.4, 0.5) is 4.79 Å². The molecule has 0 bridgehead atoms. The smallest absolute Gasteiger partial charge is 0.318 e. The predicted octanol–water partition coefficient (Wildman–Crippen LogP) is 0.738. The van der Waals surface area contributed by atoms with Gasteiger partial charge in [-0.1, -0.05) is 12.8 Å². The zero-order valence-electron chi connectivity index (χ0n) is 9.95. The number of primary amides is 1. The summed E-state index contributed by atoms with van der Waals surface area (Å²) in [5.41, 5.74) is 4.89. The Bertz CT molecular complexity index is 262. The van der Waals surface area contributed by atoms with Crippen molar-refractivity contribution in [1.29, 1.82) is 0 Å². The lowest BCUT2D eigenvalue weighted by molar-refractivity contribution is -0.121. The minimum atomic E-state index is -0.799. The molecule has 0 heterocycles. The van der Waals surface area contributed by atoms with E-state index in [1.165, 1.54) is 25.7 Å². The molecule has 1 aliphatic carbocycles. The maximum atomic E-state index is 11.4. The SMILES string of the molecule is CC(N[C@@H](C)C1CCCC1)C(=O)NC(N)=O. The van der Waals surface area contributed by atoms with Crippen molar-refractivity contribution in [2.45, 2.75) is 51.6 Å². The van der Waals surface area contributed by atoms with E-state index in [4.69, 9.17) is 5.73 Å². The summed E-state index contributed by atoms with van der Waals surface area (Å²) in [6, 6.07) is -0.883. The van der Waals surface area contributed by atoms with Gasteiger partial charge in [-0.05, 0) is 32.6 Å². The summed E-state index contributed by atoms with van der Waals surface area (Å²) >= 11 is 0. The standard InChI is InChI=1S/C11H21N3O2/c1-7(9-5-3-4-6-9)13-8(2)10(15)14-11(12)16/h7-9,13H,3-6H2,1-2H3,(H3,12,14,15,16)/t7-,8?/m0/s1. The van der Waals surface area contributed by atoms with Crippen LogP contribution in [0.2, 0.25) is 0 Å². The summed E-state index contributed by atoms with van der Waals surface area (Å²) in [6.45, 7) is 3.83. The van der Waals surface area contributed by atoms with Gasteiger partial charge < -0.3 is 11.1 Å². The molecule has 92 valence electrons. The molecule has 1 saturated carbocycles. The van der Waals surface area contributed by atoms with Crippen LogP contribution in [0.25, 0.3) is 0 Å². The van der Waals surface area contributed by atoms with Gasteiger partial charge >= 0.3 is 6.03 Å². The molecule has 5 heteroatoms. The zero-order chi connectivity index (χ0) is 12.1. The average molecular weight is 227 g/mol. The highest BCUT2D eigenvalue weighted by atomic mass is 16.2. The van der Waals surface area contributed by atoms with E-state index >= 15 is 0 Å². The topological polar surface area (TPSA) is 84.2 Å². The maximum absolute atomic E-state index is 11.4. The molecule has 16 heavy (non-hydrogen) atoms. The third kappa shape index (κ3) is 3.81. The van der Waals surface area contributed by atoms with Gasteiger partial charge in [0.25, 0.3) is 0 Å². The van der Waals surface area contributed by atoms with E-state index in [1.54, 1.807) is 6.92 Å². The molecule has 1 fully saturated rings. The van der Waals surface area contributed by atoms with E-state index in [0.29, 0.717) is 12.0 Å². The number of hydrogen-bond acceptors (Lipinski definition) is 3. The molecule has 0 radical (unpaired) electrons. The third-order valence-electron chi connectivity index (χ3n) is 3.26. The van der Waals surface area contributed by atoms with E-state index in [9.17, 15) is 9.59 Å². The van der Waals surface area contributed by atoms with Crippen LogP contribution in [-0.2, 0) is 4.79 Å². The third-order valence-corrected chi connectivity index (χ3v) is 3.26. The monoisotopic (exact) mass is 227 g/mol. The van der Waals surface area contributed by atoms with E-state index < -0.39 is 6.03 Å². The van der Waals surface area contributed by atoms with Crippen LogP contribution in [-0.4, -0.2) is 24.0 Å². The second kappa shape index (κ2) is 5.84. The first-order chi connectivity index (χ1) is 7.50. The number of imide groups is 1. The number of nitrogens with two attached hydrogens (primary N) is 1. The fourth-order valence-corrected chi connectivity index (χ4v) is 2.29. The van der Waals surface area contributed by atoms with Crippen molar-refractivity contribution >= 4 is 11.9 Å². The molecule has 1 rings (SSSR count). The molecule has 1 aliphatic rings. The van der Waals surface area contributed by atoms with Crippen molar-refractivity contribution in [3.63, 3.8) is 0 Å². The molecule has 1 unspecified atom stereocenters. The summed E-state index contributed by atoms with van der Waals surface area (Å²) in [6.07, 6.45) is 4.99. The predicted molar refractivity (Wildman–Crippen MR) is 61.7 cm³/mol. The Morgan fingerprint density at radius 1 is 1.25 bits per heavy atom. The fourth-order valence-electron chi connectivity index (χ4n) is 2.29. The van der Waals surface area contributed by atoms with Crippen molar-refractivity contribution < 1.29 is 9.59 Å². The van der Waals surface area contributed by atoms with Crippen molar-refractivity contribution in [3.05, 3.63) is 0 Å². The first-order valence-corrected chi connectivity index (χ1v) is 5.87. The Kier molecular flexibility index (Phi) is 4.73. The van der Waals surface area contributed by atoms with Crippen molar-refractivity contribution in [2.75, 3.05) is 0 Å². The van der Waals surface area contributed by atoms with Crippen LogP contribution in [0.1, 0.15) is 39.5 Å². The van der Waals surface area contributed by atoms with Crippen LogP contribution in [0.15, 0.2) is 0 Å². The van der Waals surface area contributed by atoms with E-state index in [1.807, 2.05) is 0 Å². The average Bonchev–Trinajstić information content (AvgIpc) is 2.68. The highest BCUT2D eigenvalue weighted by Crippen LogP contribution is 2.27. The highest BCUT2D eigenvalue weighted by Gasteiger charge is 2.24. The number of carbonyl (C=O) groups is 2. The summed E-state index contributed by atoms with van der Waals surface area (Å²) in [7, 11) is 0. The summed E-state index contributed by atoms with van der Waals surface area (Å²) in [5.74, 6) is 0.279. The van der Waals surface area contributed by atoms with Crippen LogP contribution >= 0.6 is 0 Å². The Morgan fingerprint density at radius 2 is 1.81 bits per heavy atom. The second-order valence-electron chi connectivity index (χ2n) is 4.58. The number of hydrogen-bond donors (Lipinski definition) is 3. The van der Waals surface area contributed by atoms with E-state index in [0.717, 1.165) is 0 Å². The van der Waals surface area contributed by atoms with Gasteiger partial charge in [0, 0.05) is 6.04 Å². The van der Waals surface area contributed by atoms with E-state index in [-0.39, 0.29) is 11.9 Å². The number of amides is 3. The molecular formula is C11H21N3O2. The van der Waals surface area contributed by atoms with Crippen molar-refractivity contribution in [2.24, 2.45) is 11.7 Å². The largest absolute Gasteiger partial charge is 0.351 e. The second-order valence-corrected chi connectivity index (χ2v) is 4.58. The van der Waals surface area contributed by atoms with Gasteiger partial charge in [0.2, 0.25) is 5.91 Å². The zero-order valence-corrected chi connectivity index (χ0v) is 9.95. The molecule has 0 spiro atoms. The van der Waals surface area contributed by atoms with Gasteiger partial charge in [-0.15, -0.1) is 0 Å². The van der Waals surface area contributed by atoms with Crippen molar-refractivity contribution in [1.82, 2.24) is 10.6 Å². The molecule has 0 aliphatic heterocycles. The van der Waals surface area contributed by atoms with Gasteiger partial charge in [0.05, 0.1) is 6.04 Å². The number of nitrogens with one attached hydrogen (secondary N) is 2. The van der Waals surface area contributed by atoms with Gasteiger partial charge in [-0.25, -0.2) is 4.79 Å². The fraction of sp³-hybridized carbons (Fsp3) is 0.818. The first kappa shape index (κ1) is 13.0. The molecule has 0 aromatic heterocycles. The molecule has 0 aromatic carbocycles. The minimum absolute atomic E-state index is 0.302. The van der Waals surface area contributed by atoms with Gasteiger partial charge in [-0.3, -0.25) is 10.1 Å². The lowest BCUT2D eigenvalue weighted by Crippen LogP contribution is -2.50. The lowest BCUT2D eigenvalue weighted by atomic mass is 9.99. The normalized spacial score (nSPS) is 20.4. The Balaban J connectivity index is 2.34. The Labute approximate surface area is 96.1 Å². The number of rotatable bonds is 4. The van der Waals surface area contributed by atoms with Crippen LogP contribution in [0.3, 0.4) is 0 Å². The molecule has 4 N–H and O–H groups in total. The Hall–Kier alpha value is -1.10. The number of carbonyl (C=O) groups excluding carboxylic acids is 2. The summed E-state index contributed by atoms with van der Waals surface area (Å²) < 4.78 is 0. The lowest BCUT2D eigenvalue weighted by Gasteiger charge is -2.23. The van der Waals surface area contributed by atoms with Gasteiger partial charge in [-0.2, -0.15) is 0 Å². The Morgan fingerprint density at radius 3 is 2.31 bits per heavy atom. The highest BCUT2D eigenvalue weighted by molar-refractivity contribution is 5.96. The molecule has 0 saturated heterocycles. The molecule has 2 atom stereocenters. The quantitative estimate of drug-likeness (QED) is 0.662. The summed E-state index contributed by atoms with van der Waals surface area (Å²) in [4.78, 5) is 21.9. The van der Waals surface area contributed by atoms with Crippen LogP contribution in [0, 0.1) is 5.92 Å². The van der Waals surface area contributed by atoms with Crippen molar-refractivity contribution in [3.8, 4) is 0 Å². The van der Waals surface area contributed by atoms with Crippen LogP contribution in [0.5, 0.6) is 0 Å². The van der Waals surface area contributed by atoms with Crippen LogP contribution < -0.4 is 16.4 Å². The van der Waals surface area contributed by atoms with Gasteiger partial charge in [0.1, 0.15) is 0 Å². The molecular weight excluding hydrogens is 206 g/mol. The summed E-state index contributed by atoms with van der Waals surface area (Å²) in [5, 5.41) is 5.28. The molecule has 3 amide bonds. The minimum Gasteiger partial charge on any atom is -0.351 e. The van der Waals surface area contributed by atoms with Gasteiger partial charge in [0.15, 0.2) is 0 Å². The number of urea groups is 1. The molecule has 0 aromatic rings. The van der Waals surface area contributed by atoms with E-state index in [2.05, 4.69) is 17.6 Å².